The summed E-state index contributed by atoms with van der Waals surface area (Å²) >= 11 is 6.68. The lowest BCUT2D eigenvalue weighted by molar-refractivity contribution is -0.131. The highest BCUT2D eigenvalue weighted by Crippen LogP contribution is 2.15. The van der Waals surface area contributed by atoms with Gasteiger partial charge in [0.05, 0.1) is 12.4 Å². The number of thioether (sulfide) groups is 1. The van der Waals surface area contributed by atoms with Crippen LogP contribution in [0.3, 0.4) is 0 Å². The Bertz CT molecular complexity index is 448. The Morgan fingerprint density at radius 1 is 1.30 bits per heavy atom. The maximum atomic E-state index is 11.6. The summed E-state index contributed by atoms with van der Waals surface area (Å²) in [5.74, 6) is 0.136. The zero-order valence-corrected chi connectivity index (χ0v) is 12.8. The van der Waals surface area contributed by atoms with E-state index in [2.05, 4.69) is 10.4 Å². The number of thiocarbonyl (C=S) groups is 1. The molecule has 1 aromatic rings. The molecule has 108 valence electrons. The highest BCUT2D eigenvalue weighted by atomic mass is 32.2. The monoisotopic (exact) mass is 310 g/mol. The van der Waals surface area contributed by atoms with Gasteiger partial charge in [-0.25, -0.2) is 5.48 Å². The number of carbonyl (C=O) groups is 1. The van der Waals surface area contributed by atoms with Crippen LogP contribution < -0.4 is 5.48 Å². The number of carbonyl (C=O) groups excluding carboxylic acids is 1. The van der Waals surface area contributed by atoms with E-state index in [9.17, 15) is 4.79 Å². The van der Waals surface area contributed by atoms with Crippen LogP contribution in [-0.2, 0) is 16.2 Å². The molecule has 1 aliphatic heterocycles. The van der Waals surface area contributed by atoms with Crippen LogP contribution in [0.5, 0.6) is 0 Å². The second-order valence-electron chi connectivity index (χ2n) is 4.55. The Kier molecular flexibility index (Phi) is 6.29. The van der Waals surface area contributed by atoms with Crippen LogP contribution >= 0.6 is 24.0 Å². The predicted molar refractivity (Wildman–Crippen MR) is 85.2 cm³/mol. The summed E-state index contributed by atoms with van der Waals surface area (Å²) in [4.78, 5) is 18.9. The quantitative estimate of drug-likeness (QED) is 0.668. The SMILES string of the molecule is O=C(CSC(=S)N1CCCC1)NOCc1ccccc1. The zero-order chi connectivity index (χ0) is 14.2. The van der Waals surface area contributed by atoms with Crippen LogP contribution in [0, 0.1) is 0 Å². The number of hydrogen-bond acceptors (Lipinski definition) is 4. The lowest BCUT2D eigenvalue weighted by atomic mass is 10.2. The molecule has 1 aromatic carbocycles. The fourth-order valence-corrected chi connectivity index (χ4v) is 2.96. The first-order valence-electron chi connectivity index (χ1n) is 6.62. The molecule has 1 aliphatic rings. The van der Waals surface area contributed by atoms with E-state index in [4.69, 9.17) is 17.1 Å². The maximum Gasteiger partial charge on any atom is 0.253 e. The average molecular weight is 310 g/mol. The largest absolute Gasteiger partial charge is 0.358 e. The molecule has 1 N–H and O–H groups in total. The first-order valence-corrected chi connectivity index (χ1v) is 8.01. The summed E-state index contributed by atoms with van der Waals surface area (Å²) in [6.07, 6.45) is 2.38. The number of hydrogen-bond donors (Lipinski definition) is 1. The highest BCUT2D eigenvalue weighted by Gasteiger charge is 2.16. The topological polar surface area (TPSA) is 41.6 Å². The molecule has 1 amide bonds. The summed E-state index contributed by atoms with van der Waals surface area (Å²) in [6, 6.07) is 9.71. The van der Waals surface area contributed by atoms with Gasteiger partial charge in [0.25, 0.3) is 5.91 Å². The molecule has 0 bridgehead atoms. The number of rotatable bonds is 5. The number of nitrogens with zero attached hydrogens (tertiary/aromatic N) is 1. The number of nitrogens with one attached hydrogen (secondary N) is 1. The van der Waals surface area contributed by atoms with Crippen molar-refractivity contribution in [2.45, 2.75) is 19.4 Å². The standard InChI is InChI=1S/C14H18N2O2S2/c17-13(11-20-14(19)16-8-4-5-9-16)15-18-10-12-6-2-1-3-7-12/h1-3,6-7H,4-5,8-11H2,(H,15,17). The molecule has 0 atom stereocenters. The third-order valence-corrected chi connectivity index (χ3v) is 4.48. The minimum Gasteiger partial charge on any atom is -0.358 e. The number of likely N-dealkylation sites (tertiary alicyclic amines) is 1. The smallest absolute Gasteiger partial charge is 0.253 e. The molecule has 1 saturated heterocycles. The summed E-state index contributed by atoms with van der Waals surface area (Å²) in [7, 11) is 0. The van der Waals surface area contributed by atoms with Gasteiger partial charge >= 0.3 is 0 Å². The van der Waals surface area contributed by atoms with Crippen molar-refractivity contribution in [2.24, 2.45) is 0 Å². The Morgan fingerprint density at radius 3 is 2.70 bits per heavy atom. The average Bonchev–Trinajstić information content (AvgIpc) is 3.00. The molecule has 0 spiro atoms. The van der Waals surface area contributed by atoms with E-state index in [1.807, 2.05) is 30.3 Å². The maximum absolute atomic E-state index is 11.6. The lowest BCUT2D eigenvalue weighted by Gasteiger charge is -2.17. The van der Waals surface area contributed by atoms with Gasteiger partial charge in [0.1, 0.15) is 4.32 Å². The van der Waals surface area contributed by atoms with Crippen molar-refractivity contribution in [3.05, 3.63) is 35.9 Å². The molecule has 2 rings (SSSR count). The third kappa shape index (κ3) is 5.11. The van der Waals surface area contributed by atoms with Crippen LogP contribution in [-0.4, -0.2) is 34.0 Å². The molecule has 0 saturated carbocycles. The second-order valence-corrected chi connectivity index (χ2v) is 6.16. The van der Waals surface area contributed by atoms with E-state index in [1.54, 1.807) is 0 Å². The van der Waals surface area contributed by atoms with Gasteiger partial charge < -0.3 is 4.90 Å². The fourth-order valence-electron chi connectivity index (χ4n) is 1.92. The van der Waals surface area contributed by atoms with Crippen LogP contribution in [0.1, 0.15) is 18.4 Å². The Morgan fingerprint density at radius 2 is 2.00 bits per heavy atom. The summed E-state index contributed by atoms with van der Waals surface area (Å²) in [5, 5.41) is 0. The van der Waals surface area contributed by atoms with E-state index >= 15 is 0 Å². The van der Waals surface area contributed by atoms with Crippen molar-refractivity contribution >= 4 is 34.2 Å². The lowest BCUT2D eigenvalue weighted by Crippen LogP contribution is -2.28. The van der Waals surface area contributed by atoms with Crippen molar-refractivity contribution in [3.8, 4) is 0 Å². The number of hydroxylamine groups is 1. The highest BCUT2D eigenvalue weighted by molar-refractivity contribution is 8.23. The summed E-state index contributed by atoms with van der Waals surface area (Å²) < 4.78 is 0.806. The minimum absolute atomic E-state index is 0.160. The van der Waals surface area contributed by atoms with Crippen LogP contribution in [0.15, 0.2) is 30.3 Å². The van der Waals surface area contributed by atoms with E-state index in [1.165, 1.54) is 24.6 Å². The zero-order valence-electron chi connectivity index (χ0n) is 11.2. The molecule has 6 heteroatoms. The number of amides is 1. The molecule has 20 heavy (non-hydrogen) atoms. The van der Waals surface area contributed by atoms with Crippen molar-refractivity contribution in [3.63, 3.8) is 0 Å². The van der Waals surface area contributed by atoms with Gasteiger partial charge in [0.2, 0.25) is 0 Å². The van der Waals surface area contributed by atoms with Crippen molar-refractivity contribution in [2.75, 3.05) is 18.8 Å². The van der Waals surface area contributed by atoms with Crippen LogP contribution in [0.2, 0.25) is 0 Å². The van der Waals surface area contributed by atoms with E-state index in [-0.39, 0.29) is 5.91 Å². The van der Waals surface area contributed by atoms with Gasteiger partial charge in [0.15, 0.2) is 0 Å². The molecule has 0 unspecified atom stereocenters. The normalized spacial score (nSPS) is 14.3. The van der Waals surface area contributed by atoms with E-state index < -0.39 is 0 Å². The molecule has 1 heterocycles. The van der Waals surface area contributed by atoms with Crippen LogP contribution in [0.4, 0.5) is 0 Å². The van der Waals surface area contributed by atoms with Crippen molar-refractivity contribution in [1.29, 1.82) is 0 Å². The van der Waals surface area contributed by atoms with Gasteiger partial charge in [-0.2, -0.15) is 0 Å². The predicted octanol–water partition coefficient (Wildman–Crippen LogP) is 2.35. The van der Waals surface area contributed by atoms with Crippen molar-refractivity contribution in [1.82, 2.24) is 10.4 Å². The summed E-state index contributed by atoms with van der Waals surface area (Å²) in [5.41, 5.74) is 3.46. The third-order valence-electron chi connectivity index (χ3n) is 2.96. The molecule has 0 aliphatic carbocycles. The minimum atomic E-state index is -0.160. The Hall–Kier alpha value is -1.11. The first-order chi connectivity index (χ1) is 9.75. The molecule has 4 nitrogen and oxygen atoms in total. The van der Waals surface area contributed by atoms with Gasteiger partial charge in [-0.1, -0.05) is 54.3 Å². The number of benzene rings is 1. The van der Waals surface area contributed by atoms with Gasteiger partial charge in [0, 0.05) is 13.1 Å². The van der Waals surface area contributed by atoms with Gasteiger partial charge in [-0.05, 0) is 18.4 Å². The van der Waals surface area contributed by atoms with Gasteiger partial charge in [-0.3, -0.25) is 9.63 Å². The molecular formula is C14H18N2O2S2. The van der Waals surface area contributed by atoms with Crippen molar-refractivity contribution < 1.29 is 9.63 Å². The Balaban J connectivity index is 1.59. The van der Waals surface area contributed by atoms with E-state index in [0.29, 0.717) is 12.4 Å². The van der Waals surface area contributed by atoms with Crippen LogP contribution in [0.25, 0.3) is 0 Å². The first kappa shape index (κ1) is 15.3. The fraction of sp³-hybridized carbons (Fsp3) is 0.429. The molecule has 0 radical (unpaired) electrons. The second kappa shape index (κ2) is 8.24. The van der Waals surface area contributed by atoms with Gasteiger partial charge in [-0.15, -0.1) is 0 Å². The molecule has 0 aromatic heterocycles. The molecule has 1 fully saturated rings. The molecular weight excluding hydrogens is 292 g/mol. The Labute approximate surface area is 128 Å². The summed E-state index contributed by atoms with van der Waals surface area (Å²) in [6.45, 7) is 2.39. The van der Waals surface area contributed by atoms with E-state index in [0.717, 1.165) is 23.0 Å².